The van der Waals surface area contributed by atoms with Crippen molar-refractivity contribution in [3.8, 4) is 0 Å². The first-order valence-electron chi connectivity index (χ1n) is 6.63. The molecule has 1 N–H and O–H groups in total. The summed E-state index contributed by atoms with van der Waals surface area (Å²) >= 11 is 1.82. The van der Waals surface area contributed by atoms with Gasteiger partial charge < -0.3 is 5.32 Å². The van der Waals surface area contributed by atoms with Gasteiger partial charge in [-0.1, -0.05) is 19.1 Å². The number of hydrogen-bond acceptors (Lipinski definition) is 3. The topological polar surface area (TPSA) is 29.9 Å². The normalized spacial score (nSPS) is 12.6. The van der Waals surface area contributed by atoms with E-state index in [1.165, 1.54) is 10.5 Å². The molecule has 102 valence electrons. The van der Waals surface area contributed by atoms with Crippen molar-refractivity contribution < 1.29 is 0 Å². The third kappa shape index (κ3) is 4.11. The van der Waals surface area contributed by atoms with Crippen LogP contribution in [0.5, 0.6) is 0 Å². The van der Waals surface area contributed by atoms with Gasteiger partial charge in [-0.25, -0.2) is 0 Å². The van der Waals surface area contributed by atoms with Crippen LogP contribution >= 0.6 is 11.8 Å². The average Bonchev–Trinajstić information content (AvgIpc) is 2.83. The van der Waals surface area contributed by atoms with Crippen LogP contribution in [0.3, 0.4) is 0 Å². The van der Waals surface area contributed by atoms with Gasteiger partial charge in [-0.05, 0) is 37.2 Å². The molecular weight excluding hydrogens is 254 g/mol. The molecule has 0 aliphatic rings. The summed E-state index contributed by atoms with van der Waals surface area (Å²) < 4.78 is 1.84. The maximum Gasteiger partial charge on any atom is 0.0727 e. The Labute approximate surface area is 119 Å². The van der Waals surface area contributed by atoms with Crippen molar-refractivity contribution in [1.29, 1.82) is 0 Å². The van der Waals surface area contributed by atoms with E-state index in [2.05, 4.69) is 54.6 Å². The van der Waals surface area contributed by atoms with E-state index >= 15 is 0 Å². The molecule has 4 heteroatoms. The van der Waals surface area contributed by atoms with E-state index in [-0.39, 0.29) is 0 Å². The molecule has 2 rings (SSSR count). The summed E-state index contributed by atoms with van der Waals surface area (Å²) in [6, 6.07) is 11.3. The zero-order valence-corrected chi connectivity index (χ0v) is 12.6. The molecule has 1 atom stereocenters. The molecule has 19 heavy (non-hydrogen) atoms. The second-order valence-corrected chi connectivity index (χ2v) is 5.67. The Bertz CT molecular complexity index is 504. The smallest absolute Gasteiger partial charge is 0.0727 e. The Morgan fingerprint density at radius 3 is 2.58 bits per heavy atom. The highest BCUT2D eigenvalue weighted by Gasteiger charge is 2.04. The molecule has 0 aliphatic heterocycles. The first kappa shape index (κ1) is 14.2. The van der Waals surface area contributed by atoms with Crippen LogP contribution in [0.2, 0.25) is 0 Å². The van der Waals surface area contributed by atoms with Crippen molar-refractivity contribution in [3.05, 3.63) is 47.8 Å². The molecule has 1 aromatic carbocycles. The average molecular weight is 275 g/mol. The molecule has 1 heterocycles. The number of nitrogens with zero attached hydrogens (tertiary/aromatic N) is 2. The lowest BCUT2D eigenvalue weighted by Gasteiger charge is -2.12. The molecule has 0 bridgehead atoms. The Hall–Kier alpha value is -1.26. The van der Waals surface area contributed by atoms with Gasteiger partial charge in [0.15, 0.2) is 0 Å². The number of thioether (sulfide) groups is 1. The first-order chi connectivity index (χ1) is 9.19. The SMILES string of the molecule is CCNC(C)c1ccc(SCc2ccn(C)n2)cc1. The van der Waals surface area contributed by atoms with Gasteiger partial charge in [0.05, 0.1) is 5.69 Å². The van der Waals surface area contributed by atoms with E-state index in [9.17, 15) is 0 Å². The van der Waals surface area contributed by atoms with Crippen LogP contribution in [-0.2, 0) is 12.8 Å². The fourth-order valence-corrected chi connectivity index (χ4v) is 2.77. The van der Waals surface area contributed by atoms with Crippen molar-refractivity contribution >= 4 is 11.8 Å². The zero-order chi connectivity index (χ0) is 13.7. The van der Waals surface area contributed by atoms with Gasteiger partial charge in [-0.2, -0.15) is 5.10 Å². The summed E-state index contributed by atoms with van der Waals surface area (Å²) in [7, 11) is 1.95. The maximum atomic E-state index is 4.38. The quantitative estimate of drug-likeness (QED) is 0.820. The van der Waals surface area contributed by atoms with Crippen molar-refractivity contribution in [2.24, 2.45) is 7.05 Å². The standard InChI is InChI=1S/C15H21N3S/c1-4-16-12(2)13-5-7-15(8-6-13)19-11-14-9-10-18(3)17-14/h5-10,12,16H,4,11H2,1-3H3. The van der Waals surface area contributed by atoms with Gasteiger partial charge >= 0.3 is 0 Å². The minimum absolute atomic E-state index is 0.417. The first-order valence-corrected chi connectivity index (χ1v) is 7.62. The van der Waals surface area contributed by atoms with Crippen LogP contribution in [0.4, 0.5) is 0 Å². The van der Waals surface area contributed by atoms with Gasteiger partial charge in [0, 0.05) is 29.9 Å². The Morgan fingerprint density at radius 1 is 1.26 bits per heavy atom. The van der Waals surface area contributed by atoms with E-state index in [0.717, 1.165) is 18.0 Å². The molecule has 0 saturated carbocycles. The minimum atomic E-state index is 0.417. The van der Waals surface area contributed by atoms with Crippen LogP contribution in [0.25, 0.3) is 0 Å². The molecule has 0 aliphatic carbocycles. The Morgan fingerprint density at radius 2 is 2.00 bits per heavy atom. The molecule has 0 amide bonds. The summed E-state index contributed by atoms with van der Waals surface area (Å²) in [6.07, 6.45) is 1.98. The number of benzene rings is 1. The van der Waals surface area contributed by atoms with Gasteiger partial charge in [-0.15, -0.1) is 11.8 Å². The fourth-order valence-electron chi connectivity index (χ4n) is 1.97. The predicted octanol–water partition coefficient (Wildman–Crippen LogP) is 3.38. The molecular formula is C15H21N3S. The molecule has 3 nitrogen and oxygen atoms in total. The van der Waals surface area contributed by atoms with Crippen molar-refractivity contribution in [2.45, 2.75) is 30.5 Å². The van der Waals surface area contributed by atoms with Gasteiger partial charge in [0.2, 0.25) is 0 Å². The lowest BCUT2D eigenvalue weighted by molar-refractivity contribution is 0.598. The second kappa shape index (κ2) is 6.78. The summed E-state index contributed by atoms with van der Waals surface area (Å²) in [4.78, 5) is 1.29. The van der Waals surface area contributed by atoms with Crippen LogP contribution in [0.1, 0.15) is 31.1 Å². The number of nitrogens with one attached hydrogen (secondary N) is 1. The Kier molecular flexibility index (Phi) is 5.05. The summed E-state index contributed by atoms with van der Waals surface area (Å²) in [5, 5.41) is 7.80. The van der Waals surface area contributed by atoms with Crippen molar-refractivity contribution in [1.82, 2.24) is 15.1 Å². The van der Waals surface area contributed by atoms with E-state index < -0.39 is 0 Å². The number of aryl methyl sites for hydroxylation is 1. The van der Waals surface area contributed by atoms with Gasteiger partial charge in [-0.3, -0.25) is 4.68 Å². The molecule has 1 aromatic heterocycles. The van der Waals surface area contributed by atoms with E-state index in [1.54, 1.807) is 0 Å². The summed E-state index contributed by atoms with van der Waals surface area (Å²) in [5.41, 5.74) is 2.46. The number of aromatic nitrogens is 2. The van der Waals surface area contributed by atoms with E-state index in [4.69, 9.17) is 0 Å². The van der Waals surface area contributed by atoms with Gasteiger partial charge in [0.1, 0.15) is 0 Å². The Balaban J connectivity index is 1.91. The largest absolute Gasteiger partial charge is 0.310 e. The summed E-state index contributed by atoms with van der Waals surface area (Å²) in [6.45, 7) is 5.32. The van der Waals surface area contributed by atoms with Crippen LogP contribution in [0, 0.1) is 0 Å². The van der Waals surface area contributed by atoms with Crippen molar-refractivity contribution in [2.75, 3.05) is 6.54 Å². The maximum absolute atomic E-state index is 4.38. The van der Waals surface area contributed by atoms with Crippen LogP contribution in [0.15, 0.2) is 41.4 Å². The van der Waals surface area contributed by atoms with E-state index in [0.29, 0.717) is 6.04 Å². The number of hydrogen-bond donors (Lipinski definition) is 1. The predicted molar refractivity (Wildman–Crippen MR) is 81.3 cm³/mol. The zero-order valence-electron chi connectivity index (χ0n) is 11.8. The molecule has 2 aromatic rings. The molecule has 1 unspecified atom stereocenters. The molecule has 0 saturated heterocycles. The third-order valence-electron chi connectivity index (χ3n) is 3.05. The van der Waals surface area contributed by atoms with Crippen molar-refractivity contribution in [3.63, 3.8) is 0 Å². The molecule has 0 radical (unpaired) electrons. The lowest BCUT2D eigenvalue weighted by Crippen LogP contribution is -2.17. The fraction of sp³-hybridized carbons (Fsp3) is 0.400. The molecule has 0 spiro atoms. The highest BCUT2D eigenvalue weighted by molar-refractivity contribution is 7.98. The van der Waals surface area contributed by atoms with Gasteiger partial charge in [0.25, 0.3) is 0 Å². The third-order valence-corrected chi connectivity index (χ3v) is 4.09. The molecule has 0 fully saturated rings. The summed E-state index contributed by atoms with van der Waals surface area (Å²) in [5.74, 6) is 0.920. The monoisotopic (exact) mass is 275 g/mol. The highest BCUT2D eigenvalue weighted by Crippen LogP contribution is 2.23. The minimum Gasteiger partial charge on any atom is -0.310 e. The lowest BCUT2D eigenvalue weighted by atomic mass is 10.1. The number of rotatable bonds is 6. The van der Waals surface area contributed by atoms with Crippen LogP contribution < -0.4 is 5.32 Å². The van der Waals surface area contributed by atoms with E-state index in [1.807, 2.05) is 29.7 Å². The second-order valence-electron chi connectivity index (χ2n) is 4.62. The highest BCUT2D eigenvalue weighted by atomic mass is 32.2. The van der Waals surface area contributed by atoms with Crippen LogP contribution in [-0.4, -0.2) is 16.3 Å².